The molecule has 14 aromatic carbocycles. The van der Waals surface area contributed by atoms with Crippen molar-refractivity contribution < 1.29 is 9.04 Å². The van der Waals surface area contributed by atoms with Crippen LogP contribution in [0, 0.1) is 16.2 Å². The standard InChI is InChI=1S/C37H22N4.C21H14BrN3.C16H9NO2.C16H8N.C4H8.H14P12.H13P12/c1-3-11-24(12-4-1)35-38-36(25-13-5-2-6-14-25)40-37(39-35)28-16-7-8-19-29(28)41-30-20-10-18-27-26-17-9-15-23-21-22-31(41)34(32(23)26)33(27)30;22-18-14-8-7-13-17(18)21-24-19(15-9-3-1-4-10-15)23-20(25-21)16-11-5-2-6-12-16;18-17(19)14-9-3-7-12-11-6-1-4-10-5-2-8-13(15(10)11)16(12)14;1-3-9-7-8-13-16-14(9)10(4-1)11-5-2-6-12(17-13)15(11)16;1-2-4-3-1;2*1-8(2)11(7)12(9(3)4)10(5)6/h1-22H;1-14H;1-9H;2-8,17H;1-4H2;1-7H2;7H,1-6H2/q;;;+1;;;-1/i17D;;6D;4D;;;. The van der Waals surface area contributed by atoms with Crippen molar-refractivity contribution in [2.24, 2.45) is 0 Å². The topological polar surface area (TPSA) is 141 Å². The van der Waals surface area contributed by atoms with E-state index < -0.39 is 0 Å². The Morgan fingerprint density at radius 3 is 1.34 bits per heavy atom. The van der Waals surface area contributed by atoms with Gasteiger partial charge in [0.05, 0.1) is 40.9 Å². The smallest absolute Gasteiger partial charge is 0.277 e. The Labute approximate surface area is 813 Å². The van der Waals surface area contributed by atoms with Gasteiger partial charge in [-0.15, -0.1) is 116 Å². The third kappa shape index (κ3) is 21.4. The molecule has 15 unspecified atom stereocenters. The molecule has 1 fully saturated rings. The molecule has 0 spiro atoms. The van der Waals surface area contributed by atoms with E-state index in [1.54, 1.807) is 12.1 Å². The number of nitrogens with zero attached hydrogens (tertiary/aromatic N) is 8. The second kappa shape index (κ2) is 45.4. The van der Waals surface area contributed by atoms with Crippen LogP contribution in [-0.4, -0.2) is 44.4 Å². The van der Waals surface area contributed by atoms with Gasteiger partial charge in [0.2, 0.25) is 0 Å². The lowest BCUT2D eigenvalue weighted by Crippen LogP contribution is -2.03. The summed E-state index contributed by atoms with van der Waals surface area (Å²) in [5, 5.41) is 22.9. The van der Waals surface area contributed by atoms with Crippen LogP contribution in [0.25, 0.3) is 194 Å². The monoisotopic (exact) mass is 2200 g/mol. The Morgan fingerprint density at radius 1 is 0.369 bits per heavy atom. The van der Waals surface area contributed by atoms with Gasteiger partial charge in [0.1, 0.15) is 24.6 Å². The van der Waals surface area contributed by atoms with E-state index in [0.717, 1.165) is 115 Å². The third-order valence-corrected chi connectivity index (χ3v) is 153. The van der Waals surface area contributed by atoms with E-state index >= 15 is 0 Å². The second-order valence-electron chi connectivity index (χ2n) is 29.9. The number of halogens is 1. The van der Waals surface area contributed by atoms with Crippen LogP contribution >= 0.6 is 211 Å². The Kier molecular flexibility index (Phi) is 33.0. The van der Waals surface area contributed by atoms with E-state index in [1.165, 1.54) is 75.0 Å². The van der Waals surface area contributed by atoms with Crippen LogP contribution in [0.4, 0.5) is 5.69 Å². The maximum Gasteiger partial charge on any atom is 0.277 e. The maximum atomic E-state index is 11.3. The average Bonchev–Trinajstić information content (AvgIpc) is 1.52. The third-order valence-electron chi connectivity index (χ3n) is 21.9. The summed E-state index contributed by atoms with van der Waals surface area (Å²) in [6.45, 7) is 1.13. The van der Waals surface area contributed by atoms with Crippen molar-refractivity contribution in [3.63, 3.8) is 0 Å². The van der Waals surface area contributed by atoms with Crippen LogP contribution < -0.4 is 0 Å². The summed E-state index contributed by atoms with van der Waals surface area (Å²) in [5.41, 5.74) is 18.8. The van der Waals surface area contributed by atoms with Crippen LogP contribution in [0.2, 0.25) is 0 Å². The Bertz CT molecular complexity index is 7420. The zero-order chi connectivity index (χ0) is 93.2. The van der Waals surface area contributed by atoms with Crippen LogP contribution in [-0.2, 0) is 0 Å². The summed E-state index contributed by atoms with van der Waals surface area (Å²) in [4.78, 5) is 43.5. The molecule has 4 aromatic heterocycles. The van der Waals surface area contributed by atoms with E-state index in [9.17, 15) is 10.1 Å². The van der Waals surface area contributed by atoms with E-state index in [4.69, 9.17) is 34.0 Å². The maximum absolute atomic E-state index is 11.3. The normalized spacial score (nSPS) is 13.0. The number of hydrogen-bond donors (Lipinski definition) is 1. The number of nitro benzene ring substituents is 1. The number of fused-ring (bicyclic) bond motifs is 5. The van der Waals surface area contributed by atoms with Gasteiger partial charge in [-0.25, -0.2) is 36.9 Å². The highest BCUT2D eigenvalue weighted by molar-refractivity contribution is 9.23. The molecule has 15 atom stereocenters. The lowest BCUT2D eigenvalue weighted by atomic mass is 10.00. The molecular weight excluding hydrogens is 2110 g/mol. The fraction of sp³-hybridized carbons (Fsp3) is 0.0426. The van der Waals surface area contributed by atoms with Gasteiger partial charge < -0.3 is 18.5 Å². The van der Waals surface area contributed by atoms with Crippen LogP contribution in [0.1, 0.15) is 29.8 Å². The number of nitro groups is 1. The summed E-state index contributed by atoms with van der Waals surface area (Å²) in [6.07, 6.45) is 6.00. The quantitative estimate of drug-likeness (QED) is 0.0436. The molecule has 23 rings (SSSR count). The molecule has 1 N–H and O–H groups in total. The van der Waals surface area contributed by atoms with Crippen molar-refractivity contribution in [1.82, 2.24) is 39.5 Å². The highest BCUT2D eigenvalue weighted by atomic mass is 79.9. The molecule has 0 amide bonds. The molecule has 36 heteroatoms. The summed E-state index contributed by atoms with van der Waals surface area (Å²) < 4.78 is 28.3. The first-order chi connectivity index (χ1) is 64.3. The van der Waals surface area contributed by atoms with Crippen molar-refractivity contribution in [3.05, 3.63) is 336 Å². The van der Waals surface area contributed by atoms with E-state index in [1.807, 2.05) is 200 Å². The van der Waals surface area contributed by atoms with Gasteiger partial charge in [0.25, 0.3) is 5.69 Å². The summed E-state index contributed by atoms with van der Waals surface area (Å²) in [5.74, 6) is 3.88. The minimum Gasteiger partial charge on any atom is -0.515 e. The Morgan fingerprint density at radius 2 is 0.815 bits per heavy atom. The number of aromatic amines is 1. The lowest BCUT2D eigenvalue weighted by molar-refractivity contribution is -0.384. The SMILES string of the molecule is Brc1ccccc1-c1nc(-c2ccccc2)nc(-c2ccccc2)n1.C1CCC1.PP(P)P(P)P(P(P)P)P(P)P.[2H]c1[c+]cc2ccc3[nH]c4cccc5c1-c2c3c45.[2H]c1ccc2ccc3c4c2c1-c1cccc(c14)n3-c1ccccc1-c1nc(-c2ccccc2)nc(-c2ccccc2)n1.[2H]c1ccc2cccc3c2c1-c1cccc([N+](=O)[O-])c1-3.[PH-]P(P(P)P)P(P(P)P)P(P)P. The minimum absolute atomic E-state index is 0.0535. The van der Waals surface area contributed by atoms with Gasteiger partial charge in [-0.1, -0.05) is 291 Å². The molecule has 1 saturated carbocycles. The van der Waals surface area contributed by atoms with Crippen molar-refractivity contribution in [2.45, 2.75) is 25.7 Å². The second-order valence-corrected chi connectivity index (χ2v) is 120. The first-order valence-corrected chi connectivity index (χ1v) is 82.8. The van der Waals surface area contributed by atoms with E-state index in [-0.39, 0.29) is 80.5 Å². The molecule has 11 nitrogen and oxygen atoms in total. The zero-order valence-corrected chi connectivity index (χ0v) is 95.9. The van der Waals surface area contributed by atoms with E-state index in [2.05, 4.69) is 235 Å². The predicted octanol–water partition coefficient (Wildman–Crippen LogP) is 38.4. The number of benzene rings is 15. The Hall–Kier alpha value is -3.19. The van der Waals surface area contributed by atoms with Gasteiger partial charge in [-0.3, -0.25) is 10.1 Å². The summed E-state index contributed by atoms with van der Waals surface area (Å²) in [6, 6.07) is 103. The molecule has 0 saturated heterocycles. The Balaban J connectivity index is 0.000000117. The number of para-hydroxylation sites is 1. The van der Waals surface area contributed by atoms with Crippen LogP contribution in [0.5, 0.6) is 0 Å². The highest BCUT2D eigenvalue weighted by Gasteiger charge is 2.33. The van der Waals surface area contributed by atoms with Crippen molar-refractivity contribution in [2.75, 3.05) is 0 Å². The molecule has 5 aliphatic rings. The van der Waals surface area contributed by atoms with Gasteiger partial charge in [0, 0.05) is 88.5 Å². The number of hydrogen-bond acceptors (Lipinski definition) is 8. The number of H-pyrrole nitrogens is 1. The number of rotatable bonds is 16. The molecular formula is C94H88BrN9O2P24. The molecule has 0 aliphatic heterocycles. The highest BCUT2D eigenvalue weighted by Crippen LogP contribution is 3.17. The van der Waals surface area contributed by atoms with Crippen LogP contribution in [0.15, 0.2) is 320 Å². The van der Waals surface area contributed by atoms with Crippen molar-refractivity contribution in [3.8, 4) is 119 Å². The molecule has 130 heavy (non-hydrogen) atoms. The van der Waals surface area contributed by atoms with Gasteiger partial charge in [0.15, 0.2) is 34.9 Å². The van der Waals surface area contributed by atoms with Crippen molar-refractivity contribution >= 4 is 292 Å². The first kappa shape index (κ1) is 94.4. The van der Waals surface area contributed by atoms with Gasteiger partial charge >= 0.3 is 0 Å². The predicted molar refractivity (Wildman–Crippen MR) is 639 cm³/mol. The fourth-order valence-corrected chi connectivity index (χ4v) is 217. The average molecular weight is 2200 g/mol. The van der Waals surface area contributed by atoms with Crippen LogP contribution in [0.3, 0.4) is 0 Å². The molecule has 5 aliphatic carbocycles. The summed E-state index contributed by atoms with van der Waals surface area (Å²) >= 11 is 3.59. The van der Waals surface area contributed by atoms with E-state index in [0.29, 0.717) is 58.6 Å². The molecule has 648 valence electrons. The lowest BCUT2D eigenvalue weighted by Gasteiger charge is -2.40. The van der Waals surface area contributed by atoms with Gasteiger partial charge in [-0.2, -0.15) is 0 Å². The molecule has 18 aromatic rings. The fourth-order valence-electron chi connectivity index (χ4n) is 16.0. The minimum atomic E-state index is -0.354. The molecule has 4 heterocycles. The van der Waals surface area contributed by atoms with Gasteiger partial charge in [-0.05, 0) is 154 Å². The molecule has 0 radical (unpaired) electrons. The van der Waals surface area contributed by atoms with Crippen molar-refractivity contribution in [1.29, 1.82) is 0 Å². The number of aromatic nitrogens is 8. The largest absolute Gasteiger partial charge is 0.515 e. The zero-order valence-electron chi connectivity index (χ0n) is 72.4. The molecule has 0 bridgehead atoms. The number of nitrogens with one attached hydrogen (secondary N) is 1. The first-order valence-electron chi connectivity index (χ1n) is 42.1. The summed E-state index contributed by atoms with van der Waals surface area (Å²) in [7, 11) is 42.7.